The molecule has 3 rings (SSSR count). The van der Waals surface area contributed by atoms with E-state index in [1.807, 2.05) is 12.3 Å². The van der Waals surface area contributed by atoms with Crippen molar-refractivity contribution in [3.63, 3.8) is 0 Å². The van der Waals surface area contributed by atoms with E-state index in [0.717, 1.165) is 17.8 Å². The Hall–Kier alpha value is -3.22. The fourth-order valence-electron chi connectivity index (χ4n) is 2.28. The summed E-state index contributed by atoms with van der Waals surface area (Å²) in [7, 11) is -3.90. The third-order valence-corrected chi connectivity index (χ3v) is 6.01. The molecule has 0 fully saturated rings. The zero-order valence-corrected chi connectivity index (χ0v) is 16.3. The summed E-state index contributed by atoms with van der Waals surface area (Å²) in [4.78, 5) is 4.21. The van der Waals surface area contributed by atoms with E-state index in [1.54, 1.807) is 24.3 Å². The average Bonchev–Trinajstić information content (AvgIpc) is 3.10. The lowest BCUT2D eigenvalue weighted by Gasteiger charge is -2.12. The highest BCUT2D eigenvalue weighted by atomic mass is 32.2. The zero-order chi connectivity index (χ0) is 20.1. The van der Waals surface area contributed by atoms with Crippen LogP contribution in [0.4, 0.5) is 15.8 Å². The van der Waals surface area contributed by atoms with Gasteiger partial charge in [-0.3, -0.25) is 4.72 Å². The van der Waals surface area contributed by atoms with Crippen molar-refractivity contribution >= 4 is 38.3 Å². The highest BCUT2D eigenvalue weighted by Gasteiger charge is 2.16. The zero-order valence-electron chi connectivity index (χ0n) is 14.7. The van der Waals surface area contributed by atoms with Crippen molar-refractivity contribution in [2.24, 2.45) is 0 Å². The summed E-state index contributed by atoms with van der Waals surface area (Å²) in [6, 6.07) is 13.3. The number of nitriles is 1. The summed E-state index contributed by atoms with van der Waals surface area (Å²) in [6.07, 6.45) is 1.48. The second-order valence-corrected chi connectivity index (χ2v) is 8.25. The lowest BCUT2D eigenvalue weighted by Crippen LogP contribution is -2.14. The molecule has 6 nitrogen and oxygen atoms in total. The first-order valence-electron chi connectivity index (χ1n) is 8.06. The highest BCUT2D eigenvalue weighted by Crippen LogP contribution is 2.26. The number of para-hydroxylation sites is 2. The first kappa shape index (κ1) is 19.5. The molecule has 1 heterocycles. The van der Waals surface area contributed by atoms with E-state index in [-0.39, 0.29) is 10.6 Å². The Morgan fingerprint density at radius 2 is 1.86 bits per heavy atom. The first-order chi connectivity index (χ1) is 13.4. The van der Waals surface area contributed by atoms with Crippen LogP contribution < -0.4 is 10.0 Å². The van der Waals surface area contributed by atoms with Crippen molar-refractivity contribution in [3.8, 4) is 6.07 Å². The predicted molar refractivity (Wildman–Crippen MR) is 108 cm³/mol. The SMILES string of the molecule is Cc1csc(/C(C#N)=C/Nc2ccccc2NS(=O)(=O)c2ccc(F)cc2)n1. The number of aromatic nitrogens is 1. The van der Waals surface area contributed by atoms with Gasteiger partial charge in [-0.2, -0.15) is 5.26 Å². The summed E-state index contributed by atoms with van der Waals surface area (Å²) < 4.78 is 40.6. The van der Waals surface area contributed by atoms with Gasteiger partial charge in [0, 0.05) is 17.3 Å². The van der Waals surface area contributed by atoms with Crippen molar-refractivity contribution in [1.82, 2.24) is 4.98 Å². The number of nitrogens with one attached hydrogen (secondary N) is 2. The molecule has 0 saturated heterocycles. The third-order valence-electron chi connectivity index (χ3n) is 3.64. The molecular weight excluding hydrogens is 399 g/mol. The van der Waals surface area contributed by atoms with Crippen LogP contribution in [0, 0.1) is 24.1 Å². The highest BCUT2D eigenvalue weighted by molar-refractivity contribution is 7.92. The standard InChI is InChI=1S/C19H15FN4O2S2/c1-13-12-27-19(23-13)14(10-21)11-22-17-4-2-3-5-18(17)24-28(25,26)16-8-6-15(20)7-9-16/h2-9,11-12,22,24H,1H3/b14-11+. The second kappa shape index (κ2) is 8.21. The van der Waals surface area contributed by atoms with E-state index < -0.39 is 15.8 Å². The van der Waals surface area contributed by atoms with Gasteiger partial charge in [-0.15, -0.1) is 11.3 Å². The van der Waals surface area contributed by atoms with Crippen LogP contribution in [0.15, 0.2) is 65.0 Å². The van der Waals surface area contributed by atoms with E-state index in [4.69, 9.17) is 0 Å². The van der Waals surface area contributed by atoms with E-state index in [2.05, 4.69) is 21.1 Å². The summed E-state index contributed by atoms with van der Waals surface area (Å²) in [5.41, 5.74) is 1.88. The maximum Gasteiger partial charge on any atom is 0.261 e. The Kier molecular flexibility index (Phi) is 5.73. The number of nitrogens with zero attached hydrogens (tertiary/aromatic N) is 2. The molecule has 1 aromatic heterocycles. The van der Waals surface area contributed by atoms with E-state index in [0.29, 0.717) is 16.3 Å². The third kappa shape index (κ3) is 4.54. The summed E-state index contributed by atoms with van der Waals surface area (Å²) in [5.74, 6) is -0.521. The normalized spacial score (nSPS) is 11.7. The molecule has 0 aliphatic rings. The molecule has 0 atom stereocenters. The summed E-state index contributed by atoms with van der Waals surface area (Å²) in [6.45, 7) is 1.84. The number of hydrogen-bond donors (Lipinski definition) is 2. The van der Waals surface area contributed by atoms with Crippen molar-refractivity contribution in [3.05, 3.63) is 76.6 Å². The van der Waals surface area contributed by atoms with E-state index >= 15 is 0 Å². The molecule has 0 amide bonds. The Morgan fingerprint density at radius 1 is 1.18 bits per heavy atom. The van der Waals surface area contributed by atoms with Crippen molar-refractivity contribution < 1.29 is 12.8 Å². The Bertz CT molecular complexity index is 1160. The van der Waals surface area contributed by atoms with Crippen molar-refractivity contribution in [2.45, 2.75) is 11.8 Å². The molecule has 0 saturated carbocycles. The molecule has 2 N–H and O–H groups in total. The number of thiazole rings is 1. The molecule has 0 aliphatic carbocycles. The molecule has 0 spiro atoms. The van der Waals surface area contributed by atoms with Gasteiger partial charge in [0.05, 0.1) is 16.3 Å². The van der Waals surface area contributed by atoms with Crippen molar-refractivity contribution in [2.75, 3.05) is 10.0 Å². The van der Waals surface area contributed by atoms with Gasteiger partial charge in [-0.1, -0.05) is 12.1 Å². The minimum absolute atomic E-state index is 0.0600. The molecule has 3 aromatic rings. The van der Waals surface area contributed by atoms with Crippen LogP contribution in [0.5, 0.6) is 0 Å². The lowest BCUT2D eigenvalue weighted by molar-refractivity contribution is 0.599. The first-order valence-corrected chi connectivity index (χ1v) is 10.4. The van der Waals surface area contributed by atoms with Gasteiger partial charge in [0.2, 0.25) is 0 Å². The van der Waals surface area contributed by atoms with Crippen LogP contribution in [0.2, 0.25) is 0 Å². The Balaban J connectivity index is 1.86. The van der Waals surface area contributed by atoms with Crippen LogP contribution in [0.3, 0.4) is 0 Å². The van der Waals surface area contributed by atoms with Crippen LogP contribution in [-0.2, 0) is 10.0 Å². The van der Waals surface area contributed by atoms with Crippen LogP contribution in [0.1, 0.15) is 10.7 Å². The summed E-state index contributed by atoms with van der Waals surface area (Å²) in [5, 5.41) is 14.7. The van der Waals surface area contributed by atoms with Gasteiger partial charge in [-0.05, 0) is 43.3 Å². The molecule has 0 bridgehead atoms. The fraction of sp³-hybridized carbons (Fsp3) is 0.0526. The number of rotatable bonds is 6. The van der Waals surface area contributed by atoms with Gasteiger partial charge in [-0.25, -0.2) is 17.8 Å². The van der Waals surface area contributed by atoms with Crippen LogP contribution in [0.25, 0.3) is 5.57 Å². The second-order valence-electron chi connectivity index (χ2n) is 5.71. The van der Waals surface area contributed by atoms with Crippen LogP contribution >= 0.6 is 11.3 Å². The quantitative estimate of drug-likeness (QED) is 0.584. The van der Waals surface area contributed by atoms with Gasteiger partial charge < -0.3 is 5.32 Å². The number of sulfonamides is 1. The largest absolute Gasteiger partial charge is 0.359 e. The Labute approximate surface area is 166 Å². The van der Waals surface area contributed by atoms with E-state index in [9.17, 15) is 18.1 Å². The smallest absolute Gasteiger partial charge is 0.261 e. The molecule has 0 radical (unpaired) electrons. The molecule has 0 aliphatic heterocycles. The topological polar surface area (TPSA) is 94.9 Å². The number of benzene rings is 2. The average molecular weight is 414 g/mol. The van der Waals surface area contributed by atoms with Gasteiger partial charge >= 0.3 is 0 Å². The summed E-state index contributed by atoms with van der Waals surface area (Å²) >= 11 is 1.35. The molecule has 28 heavy (non-hydrogen) atoms. The van der Waals surface area contributed by atoms with Gasteiger partial charge in [0.1, 0.15) is 22.5 Å². The number of allylic oxidation sites excluding steroid dienone is 1. The van der Waals surface area contributed by atoms with E-state index in [1.165, 1.54) is 29.7 Å². The Morgan fingerprint density at radius 3 is 2.46 bits per heavy atom. The maximum atomic E-state index is 13.1. The fourth-order valence-corrected chi connectivity index (χ4v) is 4.13. The minimum Gasteiger partial charge on any atom is -0.359 e. The number of anilines is 2. The van der Waals surface area contributed by atoms with Crippen molar-refractivity contribution in [1.29, 1.82) is 5.26 Å². The molecular formula is C19H15FN4O2S2. The molecule has 0 unspecified atom stereocenters. The van der Waals surface area contributed by atoms with Crippen LogP contribution in [-0.4, -0.2) is 13.4 Å². The lowest BCUT2D eigenvalue weighted by atomic mass is 10.2. The number of halogens is 1. The predicted octanol–water partition coefficient (Wildman–Crippen LogP) is 4.37. The monoisotopic (exact) mass is 414 g/mol. The number of hydrogen-bond acceptors (Lipinski definition) is 6. The molecule has 142 valence electrons. The number of aryl methyl sites for hydroxylation is 1. The maximum absolute atomic E-state index is 13.1. The molecule has 9 heteroatoms. The molecule has 2 aromatic carbocycles. The minimum atomic E-state index is -3.90. The van der Waals surface area contributed by atoms with Gasteiger partial charge in [0.15, 0.2) is 0 Å². The van der Waals surface area contributed by atoms with Gasteiger partial charge in [0.25, 0.3) is 10.0 Å².